The monoisotopic (exact) mass is 244 g/mol. The molecule has 0 aliphatic heterocycles. The lowest BCUT2D eigenvalue weighted by molar-refractivity contribution is 0.322. The van der Waals surface area contributed by atoms with Gasteiger partial charge in [-0.25, -0.2) is 18.5 Å². The van der Waals surface area contributed by atoms with Crippen molar-refractivity contribution in [3.63, 3.8) is 0 Å². The van der Waals surface area contributed by atoms with Gasteiger partial charge in [0.2, 0.25) is 0 Å². The fourth-order valence-corrected chi connectivity index (χ4v) is 2.77. The van der Waals surface area contributed by atoms with Crippen molar-refractivity contribution in [1.29, 1.82) is 0 Å². The summed E-state index contributed by atoms with van der Waals surface area (Å²) in [6.45, 7) is 4.31. The highest BCUT2D eigenvalue weighted by Crippen LogP contribution is 2.47. The first-order valence-corrected chi connectivity index (χ1v) is 6.80. The summed E-state index contributed by atoms with van der Waals surface area (Å²) in [5, 5.41) is 11.0. The quantitative estimate of drug-likeness (QED) is 0.801. The van der Waals surface area contributed by atoms with Crippen molar-refractivity contribution in [1.82, 2.24) is 15.2 Å². The summed E-state index contributed by atoms with van der Waals surface area (Å²) in [6.07, 6.45) is 3.25. The second-order valence-electron chi connectivity index (χ2n) is 4.98. The Bertz CT molecular complexity index is 491. The number of nitrogens with one attached hydrogen (secondary N) is 1. The van der Waals surface area contributed by atoms with Crippen LogP contribution in [0, 0.1) is 5.41 Å². The van der Waals surface area contributed by atoms with Gasteiger partial charge in [-0.3, -0.25) is 5.10 Å². The maximum atomic E-state index is 11.1. The van der Waals surface area contributed by atoms with Crippen LogP contribution in [-0.2, 0) is 10.0 Å². The van der Waals surface area contributed by atoms with Gasteiger partial charge < -0.3 is 0 Å². The van der Waals surface area contributed by atoms with Crippen LogP contribution in [-0.4, -0.2) is 23.6 Å². The standard InChI is InChI=1S/C9H16N4O2S/c1-9(2)5-3-4-6(9)7-11-8(13-12-7)16(10,14)15/h6H,3-5H2,1-2H3,(H2,10,14,15)(H,11,12,13). The van der Waals surface area contributed by atoms with Crippen molar-refractivity contribution >= 4 is 10.0 Å². The molecule has 1 aromatic rings. The molecule has 0 amide bonds. The van der Waals surface area contributed by atoms with Gasteiger partial charge in [0, 0.05) is 5.92 Å². The molecule has 1 heterocycles. The number of hydrogen-bond acceptors (Lipinski definition) is 4. The average molecular weight is 244 g/mol. The number of rotatable bonds is 2. The predicted molar refractivity (Wildman–Crippen MR) is 58.1 cm³/mol. The van der Waals surface area contributed by atoms with E-state index in [1.165, 1.54) is 0 Å². The predicted octanol–water partition coefficient (Wildman–Crippen LogP) is 0.746. The van der Waals surface area contributed by atoms with Gasteiger partial charge in [0.15, 0.2) is 0 Å². The molecule has 16 heavy (non-hydrogen) atoms. The highest BCUT2D eigenvalue weighted by molar-refractivity contribution is 7.89. The van der Waals surface area contributed by atoms with E-state index in [0.29, 0.717) is 5.82 Å². The zero-order chi connectivity index (χ0) is 12.0. The first-order chi connectivity index (χ1) is 7.31. The van der Waals surface area contributed by atoms with E-state index in [2.05, 4.69) is 29.0 Å². The largest absolute Gasteiger partial charge is 0.282 e. The Labute approximate surface area is 94.7 Å². The van der Waals surface area contributed by atoms with E-state index in [4.69, 9.17) is 5.14 Å². The normalized spacial score (nSPS) is 24.8. The van der Waals surface area contributed by atoms with E-state index in [1.54, 1.807) is 0 Å². The van der Waals surface area contributed by atoms with Crippen LogP contribution in [0.25, 0.3) is 0 Å². The number of nitrogens with two attached hydrogens (primary N) is 1. The number of aromatic amines is 1. The lowest BCUT2D eigenvalue weighted by Crippen LogP contribution is -2.17. The van der Waals surface area contributed by atoms with Gasteiger partial charge in [0.25, 0.3) is 15.2 Å². The molecule has 0 radical (unpaired) electrons. The molecule has 1 aliphatic rings. The van der Waals surface area contributed by atoms with Crippen molar-refractivity contribution < 1.29 is 8.42 Å². The molecule has 1 aliphatic carbocycles. The summed E-state index contributed by atoms with van der Waals surface area (Å²) in [5.74, 6) is 0.863. The van der Waals surface area contributed by atoms with E-state index >= 15 is 0 Å². The second-order valence-corrected chi connectivity index (χ2v) is 6.44. The van der Waals surface area contributed by atoms with Gasteiger partial charge in [-0.05, 0) is 18.3 Å². The van der Waals surface area contributed by atoms with E-state index in [0.717, 1.165) is 19.3 Å². The van der Waals surface area contributed by atoms with Crippen molar-refractivity contribution in [3.8, 4) is 0 Å². The van der Waals surface area contributed by atoms with Crippen molar-refractivity contribution in [2.24, 2.45) is 10.6 Å². The zero-order valence-corrected chi connectivity index (χ0v) is 10.2. The molecule has 1 fully saturated rings. The van der Waals surface area contributed by atoms with Crippen molar-refractivity contribution in [3.05, 3.63) is 5.82 Å². The maximum Gasteiger partial charge on any atom is 0.282 e. The Morgan fingerprint density at radius 3 is 2.62 bits per heavy atom. The third-order valence-corrected chi connectivity index (χ3v) is 4.02. The Morgan fingerprint density at radius 1 is 1.50 bits per heavy atom. The van der Waals surface area contributed by atoms with Gasteiger partial charge in [-0.1, -0.05) is 20.3 Å². The number of H-pyrrole nitrogens is 1. The van der Waals surface area contributed by atoms with Crippen LogP contribution in [0.4, 0.5) is 0 Å². The smallest absolute Gasteiger partial charge is 0.262 e. The highest BCUT2D eigenvalue weighted by atomic mass is 32.2. The van der Waals surface area contributed by atoms with E-state index in [9.17, 15) is 8.42 Å². The molecule has 3 N–H and O–H groups in total. The summed E-state index contributed by atoms with van der Waals surface area (Å²) in [4.78, 5) is 3.98. The lowest BCUT2D eigenvalue weighted by Gasteiger charge is -2.24. The number of sulfonamides is 1. The Morgan fingerprint density at radius 2 is 2.19 bits per heavy atom. The molecule has 1 saturated carbocycles. The topological polar surface area (TPSA) is 102 Å². The van der Waals surface area contributed by atoms with Crippen LogP contribution in [0.5, 0.6) is 0 Å². The Kier molecular flexibility index (Phi) is 2.54. The molecule has 0 aromatic carbocycles. The minimum atomic E-state index is -3.80. The molecule has 0 saturated heterocycles. The molecule has 0 bridgehead atoms. The molecular weight excluding hydrogens is 228 g/mol. The summed E-state index contributed by atoms with van der Waals surface area (Å²) < 4.78 is 22.1. The summed E-state index contributed by atoms with van der Waals surface area (Å²) >= 11 is 0. The van der Waals surface area contributed by atoms with Gasteiger partial charge in [-0.15, -0.1) is 5.10 Å². The van der Waals surface area contributed by atoms with Crippen LogP contribution in [0.1, 0.15) is 44.9 Å². The van der Waals surface area contributed by atoms with Crippen LogP contribution < -0.4 is 5.14 Å². The summed E-state index contributed by atoms with van der Waals surface area (Å²) in [6, 6.07) is 0. The third-order valence-electron chi connectivity index (χ3n) is 3.32. The average Bonchev–Trinajstić information content (AvgIpc) is 2.68. The molecular formula is C9H16N4O2S. The van der Waals surface area contributed by atoms with Gasteiger partial charge >= 0.3 is 0 Å². The highest BCUT2D eigenvalue weighted by Gasteiger charge is 2.38. The summed E-state index contributed by atoms with van der Waals surface area (Å²) in [5.41, 5.74) is 0.134. The van der Waals surface area contributed by atoms with Gasteiger partial charge in [-0.2, -0.15) is 0 Å². The Balaban J connectivity index is 2.33. The summed E-state index contributed by atoms with van der Waals surface area (Å²) in [7, 11) is -3.80. The van der Waals surface area contributed by atoms with Crippen LogP contribution in [0.2, 0.25) is 0 Å². The SMILES string of the molecule is CC1(C)CCCC1c1nc(S(N)(=O)=O)n[nH]1. The second kappa shape index (κ2) is 3.53. The van der Waals surface area contributed by atoms with E-state index in [-0.39, 0.29) is 16.5 Å². The maximum absolute atomic E-state index is 11.1. The minimum absolute atomic E-state index is 0.134. The molecule has 1 unspecified atom stereocenters. The zero-order valence-electron chi connectivity index (χ0n) is 9.40. The molecule has 2 rings (SSSR count). The first kappa shape index (κ1) is 11.5. The van der Waals surface area contributed by atoms with Crippen molar-refractivity contribution in [2.45, 2.75) is 44.2 Å². The molecule has 7 heteroatoms. The lowest BCUT2D eigenvalue weighted by atomic mass is 9.81. The van der Waals surface area contributed by atoms with E-state index < -0.39 is 10.0 Å². The van der Waals surface area contributed by atoms with E-state index in [1.807, 2.05) is 0 Å². The van der Waals surface area contributed by atoms with Gasteiger partial charge in [0.1, 0.15) is 5.82 Å². The van der Waals surface area contributed by atoms with Crippen molar-refractivity contribution in [2.75, 3.05) is 0 Å². The minimum Gasteiger partial charge on any atom is -0.262 e. The van der Waals surface area contributed by atoms with Crippen LogP contribution >= 0.6 is 0 Å². The van der Waals surface area contributed by atoms with Gasteiger partial charge in [0.05, 0.1) is 0 Å². The number of primary sulfonamides is 1. The number of hydrogen-bond donors (Lipinski definition) is 2. The number of aromatic nitrogens is 3. The number of nitrogens with zero attached hydrogens (tertiary/aromatic N) is 2. The molecule has 1 atom stereocenters. The molecule has 6 nitrogen and oxygen atoms in total. The molecule has 0 spiro atoms. The molecule has 90 valence electrons. The van der Waals surface area contributed by atoms with Crippen LogP contribution in [0.15, 0.2) is 5.16 Å². The fourth-order valence-electron chi connectivity index (χ4n) is 2.37. The third kappa shape index (κ3) is 1.97. The Hall–Kier alpha value is -0.950. The first-order valence-electron chi connectivity index (χ1n) is 5.26. The molecule has 1 aromatic heterocycles. The fraction of sp³-hybridized carbons (Fsp3) is 0.778. The van der Waals surface area contributed by atoms with Crippen LogP contribution in [0.3, 0.4) is 0 Å².